The molecule has 398 valence electrons. The Morgan fingerprint density at radius 3 is 1.00 bits per heavy atom. The highest BCUT2D eigenvalue weighted by Gasteiger charge is 2.70. The molecule has 3 nitrogen and oxygen atoms in total. The molecular formula is C67H84I2N2OP4+4. The summed E-state index contributed by atoms with van der Waals surface area (Å²) in [6.07, 6.45) is 16.7. The first-order valence-electron chi connectivity index (χ1n) is 28.5. The molecule has 0 aliphatic carbocycles. The van der Waals surface area contributed by atoms with Crippen molar-refractivity contribution in [2.45, 2.75) is 114 Å². The third kappa shape index (κ3) is 12.6. The smallest absolute Gasteiger partial charge is 0.196 e. The molecule has 0 spiro atoms. The molecule has 0 amide bonds. The minimum absolute atomic E-state index is 0.527. The van der Waals surface area contributed by atoms with Gasteiger partial charge < -0.3 is 4.74 Å². The van der Waals surface area contributed by atoms with Gasteiger partial charge in [0.2, 0.25) is 0 Å². The maximum absolute atomic E-state index is 6.21. The lowest BCUT2D eigenvalue weighted by Crippen LogP contribution is -2.34. The van der Waals surface area contributed by atoms with E-state index in [0.29, 0.717) is 22.6 Å². The van der Waals surface area contributed by atoms with Crippen LogP contribution in [0.4, 0.5) is 0 Å². The number of rotatable bonds is 25. The molecular weight excluding hydrogens is 1230 g/mol. The molecule has 2 aliphatic heterocycles. The number of methoxy groups -OCH3 is 1. The van der Waals surface area contributed by atoms with Crippen LogP contribution in [0.5, 0.6) is 5.75 Å². The van der Waals surface area contributed by atoms with Crippen LogP contribution in [-0.4, -0.2) is 54.7 Å². The first-order chi connectivity index (χ1) is 37.1. The van der Waals surface area contributed by atoms with Crippen LogP contribution in [0, 0.1) is 0 Å². The third-order valence-corrected chi connectivity index (χ3v) is 49.6. The molecule has 0 saturated carbocycles. The minimum atomic E-state index is -1.87. The first-order valence-corrected chi connectivity index (χ1v) is 42.6. The molecule has 0 aromatic heterocycles. The van der Waals surface area contributed by atoms with E-state index in [4.69, 9.17) is 4.74 Å². The molecule has 2 heterocycles. The van der Waals surface area contributed by atoms with Crippen molar-refractivity contribution < 1.29 is 4.74 Å². The Hall–Kier alpha value is -2.56. The van der Waals surface area contributed by atoms with Gasteiger partial charge in [-0.3, -0.25) is 0 Å². The maximum atomic E-state index is 6.21. The molecule has 0 N–H and O–H groups in total. The van der Waals surface area contributed by atoms with Crippen LogP contribution < -0.4 is 15.3 Å². The van der Waals surface area contributed by atoms with Crippen LogP contribution in [0.3, 0.4) is 0 Å². The van der Waals surface area contributed by atoms with Crippen molar-refractivity contribution in [1.29, 1.82) is 0 Å². The van der Waals surface area contributed by atoms with E-state index in [0.717, 1.165) is 44.5 Å². The van der Waals surface area contributed by atoms with Crippen molar-refractivity contribution in [2.24, 2.45) is 0 Å². The van der Waals surface area contributed by atoms with Gasteiger partial charge in [-0.25, -0.2) is 0 Å². The normalized spacial score (nSPS) is 20.6. The molecule has 9 heteroatoms. The lowest BCUT2D eigenvalue weighted by molar-refractivity contribution is 0.413. The SMILES string of the molecule is CCCC[P+](C)(c1ccccc1)N(CCCc1cc(CCCN([P+](C)(CCCC)c2ccccc2)[P+]2(I)[C@H](c3ccccc3)CC[C@H]2c2ccccc2)cc(OC)c1)[P+]1(I)[C@@H](c2ccccc2)CC[C@@H]1c1ccccc1. The highest BCUT2D eigenvalue weighted by atomic mass is 127. The Morgan fingerprint density at radius 1 is 0.434 bits per heavy atom. The summed E-state index contributed by atoms with van der Waals surface area (Å²) in [5.74, 6) is 0.999. The number of ether oxygens (including phenoxy) is 1. The highest BCUT2D eigenvalue weighted by Crippen LogP contribution is 2.97. The van der Waals surface area contributed by atoms with E-state index in [1.54, 1.807) is 10.6 Å². The molecule has 2 fully saturated rings. The first kappa shape index (κ1) is 58.1. The standard InChI is InChI=1S/C67H84I2N2OP4/c1-6-8-50-73(4,62-40-24-14-25-41-62)70(75(68)64(57-32-16-10-17-33-57)44-45-65(75)58-34-18-11-19-35-58)48-28-30-55-52-56(54-61(53-55)72-3)31-29-49-71(74(5,51-9-7-2)63-42-26-15-27-43-63)76(69)66(59-36-20-12-21-37-59)46-47-67(76)60-38-22-13-23-39-60/h10-27,32-43,52-54,64-67H,6-9,28-31,44-51H2,1-5H3/q+4/t64-,65-,66+,67+,73?,74?. The van der Waals surface area contributed by atoms with Gasteiger partial charge in [0.05, 0.1) is 45.9 Å². The van der Waals surface area contributed by atoms with Gasteiger partial charge >= 0.3 is 0 Å². The Balaban J connectivity index is 1.05. The molecule has 7 aromatic carbocycles. The predicted octanol–water partition coefficient (Wildman–Crippen LogP) is 20.7. The summed E-state index contributed by atoms with van der Waals surface area (Å²) in [5.41, 5.74) is 11.1. The number of benzene rings is 7. The number of unbranched alkanes of at least 4 members (excludes halogenated alkanes) is 2. The topological polar surface area (TPSA) is 15.7 Å². The van der Waals surface area contributed by atoms with Crippen LogP contribution in [0.25, 0.3) is 0 Å². The zero-order chi connectivity index (χ0) is 53.0. The number of hydrogen-bond acceptors (Lipinski definition) is 3. The molecule has 2 saturated heterocycles. The zero-order valence-corrected chi connectivity index (χ0v) is 53.9. The molecule has 7 aromatic rings. The van der Waals surface area contributed by atoms with Gasteiger partial charge in [0.15, 0.2) is 69.0 Å². The van der Waals surface area contributed by atoms with Gasteiger partial charge in [-0.05, 0) is 134 Å². The minimum Gasteiger partial charge on any atom is -0.497 e. The number of nitrogens with zero attached hydrogens (tertiary/aromatic N) is 2. The molecule has 76 heavy (non-hydrogen) atoms. The van der Waals surface area contributed by atoms with Crippen molar-refractivity contribution in [1.82, 2.24) is 8.88 Å². The van der Waals surface area contributed by atoms with E-state index >= 15 is 0 Å². The number of halogens is 2. The monoisotopic (exact) mass is 1310 g/mol. The molecule has 9 rings (SSSR count). The number of aryl methyl sites for hydroxylation is 2. The summed E-state index contributed by atoms with van der Waals surface area (Å²) in [5, 5.41) is -0.600. The van der Waals surface area contributed by atoms with Gasteiger partial charge in [-0.15, -0.1) is 0 Å². The largest absolute Gasteiger partial charge is 0.497 e. The van der Waals surface area contributed by atoms with E-state index in [2.05, 4.69) is 280 Å². The molecule has 0 bridgehead atoms. The van der Waals surface area contributed by atoms with Crippen molar-refractivity contribution in [3.8, 4) is 5.75 Å². The molecule has 2 aliphatic rings. The third-order valence-electron chi connectivity index (χ3n) is 17.1. The summed E-state index contributed by atoms with van der Waals surface area (Å²) in [7, 11) is -1.74. The van der Waals surface area contributed by atoms with E-state index in [1.165, 1.54) is 97.1 Å². The summed E-state index contributed by atoms with van der Waals surface area (Å²) in [4.78, 5) is 0. The quantitative estimate of drug-likeness (QED) is 0.0419. The van der Waals surface area contributed by atoms with Crippen LogP contribution in [0.15, 0.2) is 200 Å². The van der Waals surface area contributed by atoms with Crippen molar-refractivity contribution in [3.05, 3.63) is 234 Å². The lowest BCUT2D eigenvalue weighted by atomic mass is 10.0. The average Bonchev–Trinajstić information content (AvgIpc) is 4.03. The Labute approximate surface area is 487 Å². The van der Waals surface area contributed by atoms with Crippen molar-refractivity contribution in [2.75, 3.05) is 45.9 Å². The Morgan fingerprint density at radius 2 is 0.724 bits per heavy atom. The summed E-state index contributed by atoms with van der Waals surface area (Å²) in [6.45, 7) is 12.4. The van der Waals surface area contributed by atoms with Crippen LogP contribution >= 0.6 is 69.0 Å². The summed E-state index contributed by atoms with van der Waals surface area (Å²) >= 11 is 6.28. The van der Waals surface area contributed by atoms with Crippen LogP contribution in [0.1, 0.15) is 134 Å². The van der Waals surface area contributed by atoms with E-state index in [1.807, 2.05) is 7.11 Å². The fourth-order valence-electron chi connectivity index (χ4n) is 13.2. The zero-order valence-electron chi connectivity index (χ0n) is 46.0. The van der Waals surface area contributed by atoms with Gasteiger partial charge in [0.1, 0.15) is 39.0 Å². The fraction of sp³-hybridized carbons (Fsp3) is 0.373. The fourth-order valence-corrected chi connectivity index (χ4v) is 50.4. The van der Waals surface area contributed by atoms with Gasteiger partial charge in [0.25, 0.3) is 0 Å². The Kier molecular flexibility index (Phi) is 20.8. The van der Waals surface area contributed by atoms with Gasteiger partial charge in [-0.2, -0.15) is 0 Å². The second kappa shape index (κ2) is 27.3. The van der Waals surface area contributed by atoms with Crippen molar-refractivity contribution in [3.63, 3.8) is 0 Å². The molecule has 0 radical (unpaired) electrons. The highest BCUT2D eigenvalue weighted by molar-refractivity contribution is 14.2. The van der Waals surface area contributed by atoms with Crippen molar-refractivity contribution >= 4 is 79.6 Å². The van der Waals surface area contributed by atoms with Gasteiger partial charge in [-0.1, -0.05) is 199 Å². The van der Waals surface area contributed by atoms with Crippen LogP contribution in [-0.2, 0) is 12.8 Å². The maximum Gasteiger partial charge on any atom is 0.196 e. The second-order valence-corrected chi connectivity index (χ2v) is 45.3. The van der Waals surface area contributed by atoms with Crippen LogP contribution in [0.2, 0.25) is 0 Å². The number of hydrogen-bond donors (Lipinski definition) is 0. The predicted molar refractivity (Wildman–Crippen MR) is 358 cm³/mol. The van der Waals surface area contributed by atoms with E-state index < -0.39 is 24.9 Å². The van der Waals surface area contributed by atoms with E-state index in [-0.39, 0.29) is 0 Å². The molecule has 2 unspecified atom stereocenters. The second-order valence-electron chi connectivity index (χ2n) is 21.9. The summed E-state index contributed by atoms with van der Waals surface area (Å²) < 4.78 is 12.7. The van der Waals surface area contributed by atoms with E-state index in [9.17, 15) is 0 Å². The average molecular weight is 1310 g/mol. The lowest BCUT2D eigenvalue weighted by Gasteiger charge is -2.42. The van der Waals surface area contributed by atoms with Gasteiger partial charge in [0, 0.05) is 0 Å². The molecule has 6 atom stereocenters. The summed E-state index contributed by atoms with van der Waals surface area (Å²) in [6, 6.07) is 77.5. The Bertz CT molecular complexity index is 2570.